The second kappa shape index (κ2) is 7.29. The van der Waals surface area contributed by atoms with Gasteiger partial charge in [-0.2, -0.15) is 5.26 Å². The normalized spacial score (nSPS) is 15.7. The fourth-order valence-corrected chi connectivity index (χ4v) is 4.60. The van der Waals surface area contributed by atoms with Crippen LogP contribution in [0.15, 0.2) is 47.2 Å². The van der Waals surface area contributed by atoms with Crippen molar-refractivity contribution >= 4 is 39.1 Å². The van der Waals surface area contributed by atoms with Crippen molar-refractivity contribution < 1.29 is 9.18 Å². The molecule has 1 atom stereocenters. The Labute approximate surface area is 180 Å². The molecule has 1 amide bonds. The van der Waals surface area contributed by atoms with Gasteiger partial charge in [0.25, 0.3) is 5.91 Å². The standard InChI is InChI=1S/C21H15BrClFN4O/c1-11(2)27-19-17(26-21(27)22)20(29)28(15-5-3-4-14(23)16(15)24)18(19)13-8-6-12(10-25)7-9-13/h3-9,11,18H,1-2H3. The van der Waals surface area contributed by atoms with Gasteiger partial charge in [-0.15, -0.1) is 0 Å². The van der Waals surface area contributed by atoms with E-state index in [1.807, 2.05) is 18.4 Å². The number of anilines is 1. The van der Waals surface area contributed by atoms with Gasteiger partial charge in [0.05, 0.1) is 28.0 Å². The minimum atomic E-state index is -0.665. The first-order chi connectivity index (χ1) is 13.8. The van der Waals surface area contributed by atoms with Crippen LogP contribution in [-0.2, 0) is 0 Å². The fourth-order valence-electron chi connectivity index (χ4n) is 3.65. The Bertz CT molecular complexity index is 1170. The Balaban J connectivity index is 1.98. The average Bonchev–Trinajstić information content (AvgIpc) is 3.17. The average molecular weight is 474 g/mol. The predicted molar refractivity (Wildman–Crippen MR) is 112 cm³/mol. The van der Waals surface area contributed by atoms with Crippen molar-refractivity contribution in [3.63, 3.8) is 0 Å². The zero-order valence-electron chi connectivity index (χ0n) is 15.5. The molecule has 29 heavy (non-hydrogen) atoms. The summed E-state index contributed by atoms with van der Waals surface area (Å²) in [6, 6.07) is 12.9. The second-order valence-electron chi connectivity index (χ2n) is 6.96. The number of benzene rings is 2. The molecule has 0 radical (unpaired) electrons. The van der Waals surface area contributed by atoms with E-state index in [1.165, 1.54) is 17.0 Å². The van der Waals surface area contributed by atoms with Crippen molar-refractivity contribution in [1.82, 2.24) is 9.55 Å². The molecule has 1 aliphatic heterocycles. The fraction of sp³-hybridized carbons (Fsp3) is 0.190. The molecule has 0 aliphatic carbocycles. The highest BCUT2D eigenvalue weighted by molar-refractivity contribution is 9.10. The van der Waals surface area contributed by atoms with E-state index >= 15 is 0 Å². The summed E-state index contributed by atoms with van der Waals surface area (Å²) in [5.74, 6) is -1.07. The maximum absolute atomic E-state index is 14.9. The summed E-state index contributed by atoms with van der Waals surface area (Å²) < 4.78 is 17.3. The summed E-state index contributed by atoms with van der Waals surface area (Å²) in [5, 5.41) is 9.05. The first kappa shape index (κ1) is 19.6. The molecule has 0 N–H and O–H groups in total. The number of carbonyl (C=O) groups is 1. The maximum atomic E-state index is 14.9. The Morgan fingerprint density at radius 1 is 1.24 bits per heavy atom. The molecule has 3 aromatic rings. The van der Waals surface area contributed by atoms with E-state index in [-0.39, 0.29) is 22.4 Å². The summed E-state index contributed by atoms with van der Waals surface area (Å²) in [4.78, 5) is 19.1. The first-order valence-electron chi connectivity index (χ1n) is 8.90. The van der Waals surface area contributed by atoms with E-state index in [4.69, 9.17) is 16.9 Å². The number of hydrogen-bond donors (Lipinski definition) is 0. The molecular weight excluding hydrogens is 459 g/mol. The topological polar surface area (TPSA) is 61.9 Å². The number of nitrogens with zero attached hydrogens (tertiary/aromatic N) is 4. The number of carbonyl (C=O) groups excluding carboxylic acids is 1. The molecule has 0 fully saturated rings. The van der Waals surface area contributed by atoms with Crippen molar-refractivity contribution in [3.05, 3.63) is 80.6 Å². The van der Waals surface area contributed by atoms with E-state index < -0.39 is 17.8 Å². The minimum absolute atomic E-state index is 0.0125. The molecule has 5 nitrogen and oxygen atoms in total. The summed E-state index contributed by atoms with van der Waals surface area (Å²) in [5.41, 5.74) is 2.25. The number of aromatic nitrogens is 2. The number of rotatable bonds is 3. The van der Waals surface area contributed by atoms with Gasteiger partial charge < -0.3 is 4.57 Å². The molecule has 2 heterocycles. The number of amides is 1. The number of fused-ring (bicyclic) bond motifs is 1. The third-order valence-electron chi connectivity index (χ3n) is 4.91. The van der Waals surface area contributed by atoms with Gasteiger partial charge in [0.1, 0.15) is 6.04 Å². The minimum Gasteiger partial charge on any atom is -0.317 e. The molecule has 0 bridgehead atoms. The van der Waals surface area contributed by atoms with Gasteiger partial charge in [-0.3, -0.25) is 9.69 Å². The van der Waals surface area contributed by atoms with Crippen molar-refractivity contribution in [1.29, 1.82) is 5.26 Å². The Hall–Kier alpha value is -2.69. The molecule has 146 valence electrons. The largest absolute Gasteiger partial charge is 0.317 e. The van der Waals surface area contributed by atoms with Gasteiger partial charge in [0, 0.05) is 6.04 Å². The summed E-state index contributed by atoms with van der Waals surface area (Å²) in [6.07, 6.45) is 0. The highest BCUT2D eigenvalue weighted by Gasteiger charge is 2.45. The van der Waals surface area contributed by atoms with Crippen molar-refractivity contribution in [2.45, 2.75) is 25.9 Å². The molecule has 0 saturated heterocycles. The molecule has 1 aliphatic rings. The van der Waals surface area contributed by atoms with Crippen molar-refractivity contribution in [2.24, 2.45) is 0 Å². The smallest absolute Gasteiger partial charge is 0.279 e. The Kier molecular flexibility index (Phi) is 4.93. The molecule has 0 spiro atoms. The molecule has 1 unspecified atom stereocenters. The molecule has 0 saturated carbocycles. The van der Waals surface area contributed by atoms with Crippen LogP contribution in [0.4, 0.5) is 10.1 Å². The molecule has 1 aromatic heterocycles. The van der Waals surface area contributed by atoms with Crippen LogP contribution in [0.2, 0.25) is 5.02 Å². The summed E-state index contributed by atoms with van der Waals surface area (Å²) in [7, 11) is 0. The highest BCUT2D eigenvalue weighted by atomic mass is 79.9. The van der Waals surface area contributed by atoms with E-state index in [1.54, 1.807) is 30.3 Å². The number of halogens is 3. The summed E-state index contributed by atoms with van der Waals surface area (Å²) in [6.45, 7) is 3.96. The lowest BCUT2D eigenvalue weighted by atomic mass is 10.0. The molecule has 8 heteroatoms. The maximum Gasteiger partial charge on any atom is 0.279 e. The quantitative estimate of drug-likeness (QED) is 0.494. The van der Waals surface area contributed by atoms with Gasteiger partial charge in [-0.25, -0.2) is 9.37 Å². The second-order valence-corrected chi connectivity index (χ2v) is 8.08. The van der Waals surface area contributed by atoms with Crippen LogP contribution in [0, 0.1) is 17.1 Å². The van der Waals surface area contributed by atoms with Gasteiger partial charge in [-0.05, 0) is 59.6 Å². The molecule has 4 rings (SSSR count). The van der Waals surface area contributed by atoms with Gasteiger partial charge in [0.15, 0.2) is 16.2 Å². The monoisotopic (exact) mass is 472 g/mol. The van der Waals surface area contributed by atoms with Crippen LogP contribution in [0.25, 0.3) is 0 Å². The van der Waals surface area contributed by atoms with E-state index in [0.29, 0.717) is 16.0 Å². The lowest BCUT2D eigenvalue weighted by Gasteiger charge is -2.28. The zero-order chi connectivity index (χ0) is 20.9. The van der Waals surface area contributed by atoms with Gasteiger partial charge in [0.2, 0.25) is 0 Å². The van der Waals surface area contributed by atoms with Crippen molar-refractivity contribution in [2.75, 3.05) is 4.90 Å². The van der Waals surface area contributed by atoms with Crippen LogP contribution >= 0.6 is 27.5 Å². The van der Waals surface area contributed by atoms with Crippen molar-refractivity contribution in [3.8, 4) is 6.07 Å². The van der Waals surface area contributed by atoms with Gasteiger partial charge >= 0.3 is 0 Å². The van der Waals surface area contributed by atoms with Crippen LogP contribution in [0.1, 0.15) is 53.2 Å². The van der Waals surface area contributed by atoms with Gasteiger partial charge in [-0.1, -0.05) is 29.8 Å². The van der Waals surface area contributed by atoms with E-state index in [9.17, 15) is 9.18 Å². The lowest BCUT2D eigenvalue weighted by Crippen LogP contribution is -2.31. The first-order valence-corrected chi connectivity index (χ1v) is 10.1. The Morgan fingerprint density at radius 2 is 1.93 bits per heavy atom. The molecule has 2 aromatic carbocycles. The number of hydrogen-bond acceptors (Lipinski definition) is 3. The zero-order valence-corrected chi connectivity index (χ0v) is 17.9. The van der Waals surface area contributed by atoms with E-state index in [0.717, 1.165) is 5.56 Å². The number of nitriles is 1. The lowest BCUT2D eigenvalue weighted by molar-refractivity contribution is 0.0988. The van der Waals surface area contributed by atoms with Crippen LogP contribution in [0.3, 0.4) is 0 Å². The highest BCUT2D eigenvalue weighted by Crippen LogP contribution is 2.45. The Morgan fingerprint density at radius 3 is 2.55 bits per heavy atom. The predicted octanol–water partition coefficient (Wildman–Crippen LogP) is 5.64. The van der Waals surface area contributed by atoms with Crippen LogP contribution in [-0.4, -0.2) is 15.5 Å². The van der Waals surface area contributed by atoms with E-state index in [2.05, 4.69) is 27.0 Å². The third-order valence-corrected chi connectivity index (χ3v) is 5.76. The van der Waals surface area contributed by atoms with Crippen LogP contribution < -0.4 is 4.90 Å². The van der Waals surface area contributed by atoms with Crippen LogP contribution in [0.5, 0.6) is 0 Å². The SMILES string of the molecule is CC(C)n1c(Br)nc2c1C(c1ccc(C#N)cc1)N(c1cccc(Cl)c1F)C2=O. The third kappa shape index (κ3) is 3.04. The number of imidazole rings is 1. The molecular formula is C21H15BrClFN4O. The summed E-state index contributed by atoms with van der Waals surface area (Å²) >= 11 is 9.43.